The van der Waals surface area contributed by atoms with Crippen LogP contribution in [0.2, 0.25) is 0 Å². The van der Waals surface area contributed by atoms with Crippen molar-refractivity contribution in [3.05, 3.63) is 12.2 Å². The minimum atomic E-state index is -1.09. The Morgan fingerprint density at radius 3 is 1.20 bits per heavy atom. The average molecular weight is 652 g/mol. The second-order valence-corrected chi connectivity index (χ2v) is 14.2. The van der Waals surface area contributed by atoms with Crippen LogP contribution in [-0.4, -0.2) is 46.1 Å². The molecule has 0 saturated carbocycles. The number of amides is 1. The largest absolute Gasteiger partial charge is 0.394 e. The molecule has 0 spiro atoms. The molecule has 0 aromatic carbocycles. The zero-order chi connectivity index (χ0) is 33.8. The molecule has 3 atom stereocenters. The molecule has 46 heavy (non-hydrogen) atoms. The summed E-state index contributed by atoms with van der Waals surface area (Å²) in [5, 5.41) is 33.0. The Morgan fingerprint density at radius 2 is 0.848 bits per heavy atom. The molecule has 0 bridgehead atoms. The summed E-state index contributed by atoms with van der Waals surface area (Å²) >= 11 is 0. The zero-order valence-electron chi connectivity index (χ0n) is 31.0. The lowest BCUT2D eigenvalue weighted by atomic mass is 10.0. The molecule has 274 valence electrons. The van der Waals surface area contributed by atoms with Crippen LogP contribution in [0, 0.1) is 0 Å². The molecule has 0 fully saturated rings. The van der Waals surface area contributed by atoms with Gasteiger partial charge in [-0.2, -0.15) is 0 Å². The molecule has 5 nitrogen and oxygen atoms in total. The first-order valence-corrected chi connectivity index (χ1v) is 20.5. The molecule has 0 radical (unpaired) electrons. The second kappa shape index (κ2) is 36.9. The van der Waals surface area contributed by atoms with E-state index in [1.165, 1.54) is 167 Å². The molecule has 0 heterocycles. The van der Waals surface area contributed by atoms with Crippen molar-refractivity contribution in [3.8, 4) is 0 Å². The summed E-state index contributed by atoms with van der Waals surface area (Å²) in [6.07, 6.45) is 42.5. The topological polar surface area (TPSA) is 89.8 Å². The standard InChI is InChI=1S/C41H81NO4/c1-3-5-7-9-11-13-15-16-17-18-19-20-21-22-23-24-25-26-28-29-31-33-35-39(44)38(37-43)42-41(46)40(45)36-34-32-30-27-14-12-10-8-6-4-2/h33,35,38-40,43-45H,3-32,34,36-37H2,1-2H3,(H,42,46)/b35-33+. The molecule has 0 aromatic rings. The summed E-state index contributed by atoms with van der Waals surface area (Å²) in [7, 11) is 0. The first-order chi connectivity index (χ1) is 22.6. The Bertz CT molecular complexity index is 640. The Hall–Kier alpha value is -0.910. The first-order valence-electron chi connectivity index (χ1n) is 20.5. The number of carbonyl (C=O) groups excluding carboxylic acids is 1. The van der Waals surface area contributed by atoms with Gasteiger partial charge in [-0.25, -0.2) is 0 Å². The molecule has 4 N–H and O–H groups in total. The predicted molar refractivity (Wildman–Crippen MR) is 199 cm³/mol. The van der Waals surface area contributed by atoms with Crippen molar-refractivity contribution in [2.24, 2.45) is 0 Å². The smallest absolute Gasteiger partial charge is 0.249 e. The van der Waals surface area contributed by atoms with E-state index in [1.807, 2.05) is 6.08 Å². The van der Waals surface area contributed by atoms with Crippen molar-refractivity contribution in [2.75, 3.05) is 6.61 Å². The quantitative estimate of drug-likeness (QED) is 0.0397. The van der Waals surface area contributed by atoms with Gasteiger partial charge in [0.15, 0.2) is 0 Å². The van der Waals surface area contributed by atoms with Crippen LogP contribution in [-0.2, 0) is 4.79 Å². The minimum absolute atomic E-state index is 0.360. The molecule has 0 aliphatic carbocycles. The molecule has 1 amide bonds. The molecule has 5 heteroatoms. The molecule has 0 aliphatic rings. The fourth-order valence-electron chi connectivity index (χ4n) is 6.36. The van der Waals surface area contributed by atoms with Crippen LogP contribution in [0.1, 0.15) is 219 Å². The van der Waals surface area contributed by atoms with Gasteiger partial charge in [0.25, 0.3) is 0 Å². The molecular weight excluding hydrogens is 570 g/mol. The van der Waals surface area contributed by atoms with Gasteiger partial charge in [0.1, 0.15) is 6.10 Å². The molecule has 3 unspecified atom stereocenters. The minimum Gasteiger partial charge on any atom is -0.394 e. The van der Waals surface area contributed by atoms with Gasteiger partial charge in [-0.05, 0) is 19.3 Å². The number of aliphatic hydroxyl groups is 3. The lowest BCUT2D eigenvalue weighted by molar-refractivity contribution is -0.131. The number of rotatable bonds is 37. The van der Waals surface area contributed by atoms with Crippen molar-refractivity contribution >= 4 is 5.91 Å². The maximum absolute atomic E-state index is 12.4. The van der Waals surface area contributed by atoms with Crippen molar-refractivity contribution in [1.82, 2.24) is 5.32 Å². The van der Waals surface area contributed by atoms with E-state index in [1.54, 1.807) is 6.08 Å². The Kier molecular flexibility index (Phi) is 36.2. The predicted octanol–water partition coefficient (Wildman–Crippen LogP) is 11.3. The van der Waals surface area contributed by atoms with Gasteiger partial charge >= 0.3 is 0 Å². The maximum atomic E-state index is 12.4. The van der Waals surface area contributed by atoms with Gasteiger partial charge in [0, 0.05) is 0 Å². The second-order valence-electron chi connectivity index (χ2n) is 14.2. The maximum Gasteiger partial charge on any atom is 0.249 e. The van der Waals surface area contributed by atoms with E-state index >= 15 is 0 Å². The van der Waals surface area contributed by atoms with Crippen LogP contribution in [0.15, 0.2) is 12.2 Å². The Balaban J connectivity index is 3.62. The fourth-order valence-corrected chi connectivity index (χ4v) is 6.36. The van der Waals surface area contributed by atoms with Crippen LogP contribution < -0.4 is 5.32 Å². The average Bonchev–Trinajstić information content (AvgIpc) is 3.06. The monoisotopic (exact) mass is 652 g/mol. The number of allylic oxidation sites excluding steroid dienone is 1. The first kappa shape index (κ1) is 45.1. The van der Waals surface area contributed by atoms with E-state index in [4.69, 9.17) is 0 Å². The number of carbonyl (C=O) groups is 1. The highest BCUT2D eigenvalue weighted by atomic mass is 16.3. The summed E-state index contributed by atoms with van der Waals surface area (Å²) in [4.78, 5) is 12.4. The van der Waals surface area contributed by atoms with Gasteiger partial charge < -0.3 is 20.6 Å². The van der Waals surface area contributed by atoms with E-state index in [9.17, 15) is 20.1 Å². The number of nitrogens with one attached hydrogen (secondary N) is 1. The van der Waals surface area contributed by atoms with E-state index in [0.29, 0.717) is 6.42 Å². The van der Waals surface area contributed by atoms with Crippen molar-refractivity contribution in [2.45, 2.75) is 238 Å². The van der Waals surface area contributed by atoms with Crippen LogP contribution >= 0.6 is 0 Å². The number of hydrogen-bond acceptors (Lipinski definition) is 4. The summed E-state index contributed by atoms with van der Waals surface area (Å²) in [6.45, 7) is 4.17. The highest BCUT2D eigenvalue weighted by molar-refractivity contribution is 5.80. The summed E-state index contributed by atoms with van der Waals surface area (Å²) in [6, 6.07) is -0.791. The number of hydrogen-bond donors (Lipinski definition) is 4. The van der Waals surface area contributed by atoms with Crippen molar-refractivity contribution < 1.29 is 20.1 Å². The summed E-state index contributed by atoms with van der Waals surface area (Å²) in [5.74, 6) is -0.503. The zero-order valence-corrected chi connectivity index (χ0v) is 31.0. The summed E-state index contributed by atoms with van der Waals surface area (Å²) < 4.78 is 0. The van der Waals surface area contributed by atoms with E-state index in [2.05, 4.69) is 19.2 Å². The van der Waals surface area contributed by atoms with E-state index in [-0.39, 0.29) is 6.61 Å². The third-order valence-corrected chi connectivity index (χ3v) is 9.63. The van der Waals surface area contributed by atoms with Crippen LogP contribution in [0.3, 0.4) is 0 Å². The van der Waals surface area contributed by atoms with Crippen LogP contribution in [0.5, 0.6) is 0 Å². The SMILES string of the molecule is CCCCCCCCCCCCCCCCCCCCCC/C=C/C(O)C(CO)NC(=O)C(O)CCCCCCCCCCCC. The van der Waals surface area contributed by atoms with E-state index in [0.717, 1.165) is 32.1 Å². The molecule has 0 aliphatic heterocycles. The highest BCUT2D eigenvalue weighted by Crippen LogP contribution is 2.16. The lowest BCUT2D eigenvalue weighted by Crippen LogP contribution is -2.48. The summed E-state index contributed by atoms with van der Waals surface area (Å²) in [5.41, 5.74) is 0. The van der Waals surface area contributed by atoms with Crippen molar-refractivity contribution in [3.63, 3.8) is 0 Å². The third-order valence-electron chi connectivity index (χ3n) is 9.63. The molecule has 0 aromatic heterocycles. The lowest BCUT2D eigenvalue weighted by Gasteiger charge is -2.21. The molecule has 0 rings (SSSR count). The Morgan fingerprint density at radius 1 is 0.522 bits per heavy atom. The van der Waals surface area contributed by atoms with Gasteiger partial charge in [-0.15, -0.1) is 0 Å². The van der Waals surface area contributed by atoms with Gasteiger partial charge in [0.2, 0.25) is 5.91 Å². The number of aliphatic hydroxyl groups excluding tert-OH is 3. The van der Waals surface area contributed by atoms with Gasteiger partial charge in [-0.3, -0.25) is 4.79 Å². The molecule has 0 saturated heterocycles. The third kappa shape index (κ3) is 31.7. The fraction of sp³-hybridized carbons (Fsp3) is 0.927. The Labute approximate surface area is 287 Å². The van der Waals surface area contributed by atoms with E-state index < -0.39 is 24.2 Å². The van der Waals surface area contributed by atoms with Crippen molar-refractivity contribution in [1.29, 1.82) is 0 Å². The number of unbranched alkanes of at least 4 members (excludes halogenated alkanes) is 29. The molecular formula is C41H81NO4. The highest BCUT2D eigenvalue weighted by Gasteiger charge is 2.22. The normalized spacial score (nSPS) is 13.8. The van der Waals surface area contributed by atoms with Crippen LogP contribution in [0.25, 0.3) is 0 Å². The van der Waals surface area contributed by atoms with Crippen LogP contribution in [0.4, 0.5) is 0 Å². The van der Waals surface area contributed by atoms with Gasteiger partial charge in [0.05, 0.1) is 18.8 Å². The van der Waals surface area contributed by atoms with Gasteiger partial charge in [-0.1, -0.05) is 212 Å².